The molecule has 0 saturated heterocycles. The molecule has 1 aliphatic rings. The lowest BCUT2D eigenvalue weighted by molar-refractivity contribution is -0.0356. The molecule has 0 aromatic rings. The van der Waals surface area contributed by atoms with Crippen molar-refractivity contribution >= 4 is 0 Å². The first-order valence-electron chi connectivity index (χ1n) is 5.95. The van der Waals surface area contributed by atoms with E-state index in [1.165, 1.54) is 38.5 Å². The Kier molecular flexibility index (Phi) is 6.20. The van der Waals surface area contributed by atoms with E-state index in [0.717, 1.165) is 18.4 Å². The predicted molar refractivity (Wildman–Crippen MR) is 58.2 cm³/mol. The molecular formula is C12H24O2. The fourth-order valence-corrected chi connectivity index (χ4v) is 1.98. The summed E-state index contributed by atoms with van der Waals surface area (Å²) in [5.74, 6) is 1.80. The zero-order valence-electron chi connectivity index (χ0n) is 9.63. The average molecular weight is 200 g/mol. The second kappa shape index (κ2) is 7.24. The number of ether oxygens (including phenoxy) is 2. The van der Waals surface area contributed by atoms with Crippen LogP contribution in [0.3, 0.4) is 0 Å². The molecule has 0 N–H and O–H groups in total. The van der Waals surface area contributed by atoms with Crippen LogP contribution in [0.2, 0.25) is 0 Å². The third-order valence-corrected chi connectivity index (χ3v) is 3.03. The van der Waals surface area contributed by atoms with Crippen molar-refractivity contribution in [2.75, 3.05) is 20.5 Å². The zero-order valence-corrected chi connectivity index (χ0v) is 9.63. The first kappa shape index (κ1) is 12.0. The molecule has 0 bridgehead atoms. The number of hydrogen-bond acceptors (Lipinski definition) is 2. The van der Waals surface area contributed by atoms with Crippen molar-refractivity contribution in [2.45, 2.75) is 45.4 Å². The Morgan fingerprint density at radius 3 is 2.71 bits per heavy atom. The van der Waals surface area contributed by atoms with Gasteiger partial charge in [0.15, 0.2) is 0 Å². The lowest BCUT2D eigenvalue weighted by Gasteiger charge is -2.02. The molecule has 0 spiro atoms. The highest BCUT2D eigenvalue weighted by molar-refractivity contribution is 4.85. The highest BCUT2D eigenvalue weighted by Gasteiger charge is 2.35. The van der Waals surface area contributed by atoms with Gasteiger partial charge in [-0.1, -0.05) is 39.0 Å². The normalized spacial score (nSPS) is 25.3. The quantitative estimate of drug-likeness (QED) is 0.420. The molecule has 0 aliphatic heterocycles. The fourth-order valence-electron chi connectivity index (χ4n) is 1.98. The molecule has 84 valence electrons. The van der Waals surface area contributed by atoms with Gasteiger partial charge in [0.25, 0.3) is 0 Å². The van der Waals surface area contributed by atoms with Crippen molar-refractivity contribution in [3.63, 3.8) is 0 Å². The summed E-state index contributed by atoms with van der Waals surface area (Å²) < 4.78 is 10.2. The molecule has 1 rings (SSSR count). The molecule has 0 aromatic heterocycles. The SMILES string of the molecule is CCCCCC[C@@H]1C[C@H]1COCOC. The van der Waals surface area contributed by atoms with Crippen LogP contribution in [-0.4, -0.2) is 20.5 Å². The van der Waals surface area contributed by atoms with E-state index < -0.39 is 0 Å². The Morgan fingerprint density at radius 2 is 2.00 bits per heavy atom. The van der Waals surface area contributed by atoms with Gasteiger partial charge in [0, 0.05) is 7.11 Å². The van der Waals surface area contributed by atoms with E-state index in [0.29, 0.717) is 6.79 Å². The van der Waals surface area contributed by atoms with E-state index in [2.05, 4.69) is 6.92 Å². The molecule has 0 aromatic carbocycles. The van der Waals surface area contributed by atoms with E-state index in [1.807, 2.05) is 0 Å². The molecule has 14 heavy (non-hydrogen) atoms. The van der Waals surface area contributed by atoms with E-state index in [4.69, 9.17) is 9.47 Å². The van der Waals surface area contributed by atoms with Crippen LogP contribution in [0.15, 0.2) is 0 Å². The van der Waals surface area contributed by atoms with Crippen molar-refractivity contribution in [3.05, 3.63) is 0 Å². The predicted octanol–water partition coefficient (Wildman–Crippen LogP) is 3.21. The van der Waals surface area contributed by atoms with Crippen molar-refractivity contribution < 1.29 is 9.47 Å². The number of rotatable bonds is 9. The summed E-state index contributed by atoms with van der Waals surface area (Å²) in [4.78, 5) is 0. The summed E-state index contributed by atoms with van der Waals surface area (Å²) in [6.07, 6.45) is 8.37. The molecule has 0 radical (unpaired) electrons. The molecule has 0 unspecified atom stereocenters. The minimum absolute atomic E-state index is 0.457. The second-order valence-electron chi connectivity index (χ2n) is 4.38. The van der Waals surface area contributed by atoms with Crippen LogP contribution in [0.1, 0.15) is 45.4 Å². The Balaban J connectivity index is 1.82. The topological polar surface area (TPSA) is 18.5 Å². The van der Waals surface area contributed by atoms with Crippen LogP contribution >= 0.6 is 0 Å². The van der Waals surface area contributed by atoms with Crippen molar-refractivity contribution in [1.82, 2.24) is 0 Å². The van der Waals surface area contributed by atoms with Gasteiger partial charge in [-0.15, -0.1) is 0 Å². The molecule has 1 fully saturated rings. The van der Waals surface area contributed by atoms with Gasteiger partial charge >= 0.3 is 0 Å². The lowest BCUT2D eigenvalue weighted by Crippen LogP contribution is -2.01. The van der Waals surface area contributed by atoms with Crippen LogP contribution < -0.4 is 0 Å². The standard InChI is InChI=1S/C12H24O2/c1-3-4-5-6-7-11-8-12(11)9-14-10-13-2/h11-12H,3-10H2,1-2H3/t11-,12+/m1/s1. The van der Waals surface area contributed by atoms with Crippen LogP contribution in [0.5, 0.6) is 0 Å². The Bertz CT molecular complexity index is 136. The zero-order chi connectivity index (χ0) is 10.2. The third-order valence-electron chi connectivity index (χ3n) is 3.03. The van der Waals surface area contributed by atoms with Crippen LogP contribution in [-0.2, 0) is 9.47 Å². The first-order valence-corrected chi connectivity index (χ1v) is 5.95. The van der Waals surface area contributed by atoms with Gasteiger partial charge in [0.1, 0.15) is 6.79 Å². The summed E-state index contributed by atoms with van der Waals surface area (Å²) in [6.45, 7) is 3.63. The maximum Gasteiger partial charge on any atom is 0.146 e. The summed E-state index contributed by atoms with van der Waals surface area (Å²) in [6, 6.07) is 0. The molecule has 0 heterocycles. The summed E-state index contributed by atoms with van der Waals surface area (Å²) >= 11 is 0. The van der Waals surface area contributed by atoms with Crippen LogP contribution in [0, 0.1) is 11.8 Å². The fraction of sp³-hybridized carbons (Fsp3) is 1.00. The highest BCUT2D eigenvalue weighted by atomic mass is 16.7. The van der Waals surface area contributed by atoms with Crippen molar-refractivity contribution in [3.8, 4) is 0 Å². The molecular weight excluding hydrogens is 176 g/mol. The summed E-state index contributed by atoms with van der Waals surface area (Å²) in [5, 5.41) is 0. The number of methoxy groups -OCH3 is 1. The largest absolute Gasteiger partial charge is 0.359 e. The molecule has 2 nitrogen and oxygen atoms in total. The number of hydrogen-bond donors (Lipinski definition) is 0. The van der Waals surface area contributed by atoms with Crippen LogP contribution in [0.25, 0.3) is 0 Å². The summed E-state index contributed by atoms with van der Waals surface area (Å²) in [7, 11) is 1.68. The van der Waals surface area contributed by atoms with Gasteiger partial charge in [-0.3, -0.25) is 0 Å². The Labute approximate surface area is 88.0 Å². The molecule has 1 aliphatic carbocycles. The number of unbranched alkanes of at least 4 members (excludes halogenated alkanes) is 3. The second-order valence-corrected chi connectivity index (χ2v) is 4.38. The summed E-state index contributed by atoms with van der Waals surface area (Å²) in [5.41, 5.74) is 0. The smallest absolute Gasteiger partial charge is 0.146 e. The van der Waals surface area contributed by atoms with E-state index in [9.17, 15) is 0 Å². The third kappa shape index (κ3) is 4.97. The van der Waals surface area contributed by atoms with Crippen molar-refractivity contribution in [1.29, 1.82) is 0 Å². The lowest BCUT2D eigenvalue weighted by atomic mass is 10.1. The Hall–Kier alpha value is -0.0800. The van der Waals surface area contributed by atoms with Gasteiger partial charge in [0.05, 0.1) is 6.61 Å². The average Bonchev–Trinajstić information content (AvgIpc) is 2.92. The van der Waals surface area contributed by atoms with Gasteiger partial charge in [-0.2, -0.15) is 0 Å². The van der Waals surface area contributed by atoms with Crippen LogP contribution in [0.4, 0.5) is 0 Å². The molecule has 2 heteroatoms. The maximum absolute atomic E-state index is 5.34. The first-order chi connectivity index (χ1) is 6.88. The molecule has 2 atom stereocenters. The van der Waals surface area contributed by atoms with E-state index in [1.54, 1.807) is 7.11 Å². The minimum atomic E-state index is 0.457. The van der Waals surface area contributed by atoms with Gasteiger partial charge in [-0.05, 0) is 18.3 Å². The van der Waals surface area contributed by atoms with Gasteiger partial charge < -0.3 is 9.47 Å². The monoisotopic (exact) mass is 200 g/mol. The van der Waals surface area contributed by atoms with Gasteiger partial charge in [-0.25, -0.2) is 0 Å². The maximum atomic E-state index is 5.34. The molecule has 1 saturated carbocycles. The van der Waals surface area contributed by atoms with E-state index in [-0.39, 0.29) is 0 Å². The van der Waals surface area contributed by atoms with Gasteiger partial charge in [0.2, 0.25) is 0 Å². The van der Waals surface area contributed by atoms with Crippen molar-refractivity contribution in [2.24, 2.45) is 11.8 Å². The molecule has 0 amide bonds. The minimum Gasteiger partial charge on any atom is -0.359 e. The Morgan fingerprint density at radius 1 is 1.14 bits per heavy atom. The van der Waals surface area contributed by atoms with E-state index >= 15 is 0 Å². The highest BCUT2D eigenvalue weighted by Crippen LogP contribution is 2.42.